The third kappa shape index (κ3) is 4.87. The van der Waals surface area contributed by atoms with Crippen LogP contribution < -0.4 is 15.0 Å². The number of benzene rings is 3. The van der Waals surface area contributed by atoms with E-state index in [-0.39, 0.29) is 28.4 Å². The number of rotatable bonds is 7. The van der Waals surface area contributed by atoms with E-state index in [1.54, 1.807) is 0 Å². The van der Waals surface area contributed by atoms with Crippen molar-refractivity contribution in [2.75, 3.05) is 4.90 Å². The Hall–Kier alpha value is -5.99. The fraction of sp³-hybridized carbons (Fsp3) is 0. The molecule has 0 unspecified atom stereocenters. The van der Waals surface area contributed by atoms with Gasteiger partial charge >= 0.3 is 11.7 Å². The third-order valence-electron chi connectivity index (χ3n) is 5.21. The molecule has 0 aliphatic carbocycles. The van der Waals surface area contributed by atoms with Gasteiger partial charge in [-0.3, -0.25) is 45.2 Å². The SMILES string of the molecule is O=C1NC(=O)N(c2ccc([N+](=O)[O-])cc2)C(=O)/C1=C/c1ccccc1Oc1ccc([N+](=O)[O-])cc1[N+](=O)[O-]. The van der Waals surface area contributed by atoms with Crippen molar-refractivity contribution in [1.82, 2.24) is 5.32 Å². The fourth-order valence-corrected chi connectivity index (χ4v) is 3.43. The van der Waals surface area contributed by atoms with Crippen molar-refractivity contribution >= 4 is 46.7 Å². The minimum atomic E-state index is -1.07. The maximum absolute atomic E-state index is 13.1. The molecular formula is C23H13N5O10. The molecule has 15 heteroatoms. The summed E-state index contributed by atoms with van der Waals surface area (Å²) in [5.41, 5.74) is -1.93. The first-order valence-corrected chi connectivity index (χ1v) is 10.4. The molecule has 0 aromatic heterocycles. The summed E-state index contributed by atoms with van der Waals surface area (Å²) in [7, 11) is 0. The van der Waals surface area contributed by atoms with Crippen LogP contribution in [-0.4, -0.2) is 32.6 Å². The molecular weight excluding hydrogens is 506 g/mol. The number of anilines is 1. The molecule has 4 amide bonds. The molecule has 1 heterocycles. The lowest BCUT2D eigenvalue weighted by Crippen LogP contribution is -2.54. The highest BCUT2D eigenvalue weighted by Crippen LogP contribution is 2.36. The first kappa shape index (κ1) is 25.1. The molecule has 0 saturated carbocycles. The number of imide groups is 2. The van der Waals surface area contributed by atoms with Gasteiger partial charge in [-0.2, -0.15) is 0 Å². The van der Waals surface area contributed by atoms with Crippen LogP contribution in [0.1, 0.15) is 5.56 Å². The second-order valence-corrected chi connectivity index (χ2v) is 7.54. The normalized spacial score (nSPS) is 14.3. The molecule has 38 heavy (non-hydrogen) atoms. The summed E-state index contributed by atoms with van der Waals surface area (Å²) >= 11 is 0. The molecule has 1 N–H and O–H groups in total. The van der Waals surface area contributed by atoms with Crippen molar-refractivity contribution in [1.29, 1.82) is 0 Å². The van der Waals surface area contributed by atoms with Crippen LogP contribution in [0.3, 0.4) is 0 Å². The number of non-ortho nitro benzene ring substituents is 2. The molecule has 15 nitrogen and oxygen atoms in total. The zero-order valence-electron chi connectivity index (χ0n) is 18.8. The number of nitro groups is 3. The van der Waals surface area contributed by atoms with Crippen molar-refractivity contribution < 1.29 is 33.9 Å². The van der Waals surface area contributed by atoms with Gasteiger partial charge in [-0.25, -0.2) is 9.69 Å². The minimum Gasteiger partial charge on any atom is -0.449 e. The van der Waals surface area contributed by atoms with E-state index in [0.29, 0.717) is 4.90 Å². The van der Waals surface area contributed by atoms with Crippen molar-refractivity contribution in [3.63, 3.8) is 0 Å². The monoisotopic (exact) mass is 519 g/mol. The highest BCUT2D eigenvalue weighted by molar-refractivity contribution is 6.39. The second-order valence-electron chi connectivity index (χ2n) is 7.54. The summed E-state index contributed by atoms with van der Waals surface area (Å²) in [5.74, 6) is -2.46. The Balaban J connectivity index is 1.71. The average molecular weight is 519 g/mol. The second kappa shape index (κ2) is 9.94. The number of urea groups is 1. The fourth-order valence-electron chi connectivity index (χ4n) is 3.43. The van der Waals surface area contributed by atoms with Crippen LogP contribution in [0.25, 0.3) is 6.08 Å². The smallest absolute Gasteiger partial charge is 0.335 e. The first-order valence-electron chi connectivity index (χ1n) is 10.4. The molecule has 1 aliphatic rings. The molecule has 1 aliphatic heterocycles. The molecule has 0 atom stereocenters. The highest BCUT2D eigenvalue weighted by atomic mass is 16.6. The topological polar surface area (TPSA) is 205 Å². The van der Waals surface area contributed by atoms with E-state index in [9.17, 15) is 44.7 Å². The molecule has 3 aromatic carbocycles. The van der Waals surface area contributed by atoms with Gasteiger partial charge in [0.05, 0.1) is 26.5 Å². The predicted octanol–water partition coefficient (Wildman–Crippen LogP) is 3.87. The summed E-state index contributed by atoms with van der Waals surface area (Å²) in [6.45, 7) is 0. The predicted molar refractivity (Wildman–Crippen MR) is 128 cm³/mol. The summed E-state index contributed by atoms with van der Waals surface area (Å²) in [5, 5.41) is 35.3. The van der Waals surface area contributed by atoms with Crippen LogP contribution in [0.2, 0.25) is 0 Å². The van der Waals surface area contributed by atoms with Gasteiger partial charge in [-0.05, 0) is 30.3 Å². The largest absolute Gasteiger partial charge is 0.449 e. The number of nitrogens with zero attached hydrogens (tertiary/aromatic N) is 4. The number of nitrogens with one attached hydrogen (secondary N) is 1. The Labute approximate surface area is 211 Å². The molecule has 0 spiro atoms. The Morgan fingerprint density at radius 1 is 0.763 bits per heavy atom. The molecule has 4 rings (SSSR count). The number of nitro benzene ring substituents is 3. The summed E-state index contributed by atoms with van der Waals surface area (Å²) < 4.78 is 5.62. The van der Waals surface area contributed by atoms with Crippen molar-refractivity contribution in [2.24, 2.45) is 0 Å². The molecule has 1 fully saturated rings. The number of carbonyl (C=O) groups is 3. The number of carbonyl (C=O) groups excluding carboxylic acids is 3. The summed E-state index contributed by atoms with van der Waals surface area (Å²) in [4.78, 5) is 69.7. The number of para-hydroxylation sites is 1. The third-order valence-corrected chi connectivity index (χ3v) is 5.21. The maximum atomic E-state index is 13.1. The zero-order valence-corrected chi connectivity index (χ0v) is 18.8. The number of ether oxygens (including phenoxy) is 1. The molecule has 1 saturated heterocycles. The summed E-state index contributed by atoms with van der Waals surface area (Å²) in [6.07, 6.45) is 1.09. The van der Waals surface area contributed by atoms with Gasteiger partial charge in [0.1, 0.15) is 11.3 Å². The Morgan fingerprint density at radius 3 is 2.03 bits per heavy atom. The van der Waals surface area contributed by atoms with Crippen molar-refractivity contribution in [3.05, 3.63) is 108 Å². The van der Waals surface area contributed by atoms with E-state index in [1.165, 1.54) is 24.3 Å². The van der Waals surface area contributed by atoms with Crippen LogP contribution in [-0.2, 0) is 9.59 Å². The van der Waals surface area contributed by atoms with E-state index in [1.807, 2.05) is 5.32 Å². The Kier molecular flexibility index (Phi) is 6.57. The number of amides is 4. The van der Waals surface area contributed by atoms with Gasteiger partial charge in [-0.1, -0.05) is 18.2 Å². The van der Waals surface area contributed by atoms with Gasteiger partial charge in [0.2, 0.25) is 5.75 Å². The number of barbiturate groups is 1. The van der Waals surface area contributed by atoms with E-state index in [0.717, 1.165) is 48.5 Å². The molecule has 0 radical (unpaired) electrons. The van der Waals surface area contributed by atoms with Crippen LogP contribution in [0, 0.1) is 30.3 Å². The summed E-state index contributed by atoms with van der Waals surface area (Å²) in [6, 6.07) is 12.0. The van der Waals surface area contributed by atoms with Crippen molar-refractivity contribution in [3.8, 4) is 11.5 Å². The zero-order chi connectivity index (χ0) is 27.6. The van der Waals surface area contributed by atoms with E-state index in [2.05, 4.69) is 0 Å². The molecule has 3 aromatic rings. The minimum absolute atomic E-state index is 0.0393. The standard InChI is InChI=1S/C23H13N5O10/c29-21-17(22(30)25(23(31)24-21)14-5-7-15(8-6-14)26(32)33)11-13-3-1-2-4-19(13)38-20-10-9-16(27(34)35)12-18(20)28(36)37/h1-12H,(H,24,29,31)/b17-11+. The van der Waals surface area contributed by atoms with E-state index >= 15 is 0 Å². The lowest BCUT2D eigenvalue weighted by molar-refractivity contribution is -0.394. The maximum Gasteiger partial charge on any atom is 0.335 e. The first-order chi connectivity index (χ1) is 18.1. The Bertz CT molecular complexity index is 1570. The lowest BCUT2D eigenvalue weighted by Gasteiger charge is -2.26. The Morgan fingerprint density at radius 2 is 1.39 bits per heavy atom. The van der Waals surface area contributed by atoms with Crippen molar-refractivity contribution in [2.45, 2.75) is 0 Å². The number of hydrogen-bond donors (Lipinski definition) is 1. The lowest BCUT2D eigenvalue weighted by atomic mass is 10.1. The van der Waals surface area contributed by atoms with Gasteiger partial charge in [0.25, 0.3) is 23.2 Å². The van der Waals surface area contributed by atoms with Gasteiger partial charge < -0.3 is 4.74 Å². The quantitative estimate of drug-likeness (QED) is 0.206. The van der Waals surface area contributed by atoms with E-state index < -0.39 is 49.6 Å². The molecule has 0 bridgehead atoms. The van der Waals surface area contributed by atoms with Crippen LogP contribution >= 0.6 is 0 Å². The van der Waals surface area contributed by atoms with Crippen LogP contribution in [0.5, 0.6) is 11.5 Å². The van der Waals surface area contributed by atoms with Gasteiger partial charge in [0, 0.05) is 23.8 Å². The van der Waals surface area contributed by atoms with Gasteiger partial charge in [-0.15, -0.1) is 0 Å². The van der Waals surface area contributed by atoms with Crippen LogP contribution in [0.4, 0.5) is 27.5 Å². The van der Waals surface area contributed by atoms with E-state index in [4.69, 9.17) is 4.74 Å². The average Bonchev–Trinajstić information content (AvgIpc) is 2.87. The van der Waals surface area contributed by atoms with Crippen LogP contribution in [0.15, 0.2) is 72.3 Å². The molecule has 190 valence electrons. The highest BCUT2D eigenvalue weighted by Gasteiger charge is 2.37. The number of hydrogen-bond acceptors (Lipinski definition) is 10. The van der Waals surface area contributed by atoms with Gasteiger partial charge in [0.15, 0.2) is 0 Å².